The molecular formula is C20H20N2O2S. The summed E-state index contributed by atoms with van der Waals surface area (Å²) in [5.74, 6) is 0.582. The first-order valence-electron chi connectivity index (χ1n) is 8.14. The Morgan fingerprint density at radius 1 is 1.16 bits per heavy atom. The summed E-state index contributed by atoms with van der Waals surface area (Å²) in [6, 6.07) is 17.5. The molecule has 4 nitrogen and oxygen atoms in total. The average molecular weight is 352 g/mol. The van der Waals surface area contributed by atoms with Crippen LogP contribution in [0.5, 0.6) is 5.75 Å². The summed E-state index contributed by atoms with van der Waals surface area (Å²) in [6.07, 6.45) is 3.56. The van der Waals surface area contributed by atoms with Crippen LogP contribution in [0.25, 0.3) is 0 Å². The van der Waals surface area contributed by atoms with Crippen LogP contribution in [0.4, 0.5) is 0 Å². The zero-order valence-corrected chi connectivity index (χ0v) is 14.9. The third kappa shape index (κ3) is 4.90. The lowest BCUT2D eigenvalue weighted by Crippen LogP contribution is -2.25. The number of hydrogen-bond acceptors (Lipinski definition) is 4. The Balaban J connectivity index is 1.50. The molecule has 0 unspecified atom stereocenters. The number of rotatable bonds is 7. The lowest BCUT2D eigenvalue weighted by Gasteiger charge is -2.05. The van der Waals surface area contributed by atoms with Crippen molar-refractivity contribution >= 4 is 17.2 Å². The zero-order chi connectivity index (χ0) is 17.5. The number of hydrogen-bond donors (Lipinski definition) is 1. The number of benzene rings is 2. The van der Waals surface area contributed by atoms with Gasteiger partial charge in [-0.3, -0.25) is 4.79 Å². The van der Waals surface area contributed by atoms with Gasteiger partial charge in [-0.15, -0.1) is 11.3 Å². The second kappa shape index (κ2) is 8.44. The fourth-order valence-electron chi connectivity index (χ4n) is 2.49. The van der Waals surface area contributed by atoms with Gasteiger partial charge in [0.1, 0.15) is 5.75 Å². The highest BCUT2D eigenvalue weighted by Gasteiger charge is 2.07. The van der Waals surface area contributed by atoms with Crippen molar-refractivity contribution < 1.29 is 9.53 Å². The van der Waals surface area contributed by atoms with Gasteiger partial charge >= 0.3 is 0 Å². The molecule has 5 heteroatoms. The Labute approximate surface area is 151 Å². The van der Waals surface area contributed by atoms with Gasteiger partial charge in [0, 0.05) is 36.0 Å². The van der Waals surface area contributed by atoms with Gasteiger partial charge in [0.2, 0.25) is 0 Å². The lowest BCUT2D eigenvalue weighted by atomic mass is 10.1. The molecular weight excluding hydrogens is 332 g/mol. The summed E-state index contributed by atoms with van der Waals surface area (Å²) in [5.41, 5.74) is 1.88. The first kappa shape index (κ1) is 17.2. The Morgan fingerprint density at radius 3 is 2.80 bits per heavy atom. The quantitative estimate of drug-likeness (QED) is 0.705. The average Bonchev–Trinajstić information content (AvgIpc) is 3.09. The Kier molecular flexibility index (Phi) is 5.80. The van der Waals surface area contributed by atoms with E-state index in [0.29, 0.717) is 17.9 Å². The second-order valence-corrected chi connectivity index (χ2v) is 6.82. The van der Waals surface area contributed by atoms with Crippen molar-refractivity contribution in [1.82, 2.24) is 10.3 Å². The topological polar surface area (TPSA) is 51.2 Å². The van der Waals surface area contributed by atoms with Crippen molar-refractivity contribution in [2.24, 2.45) is 0 Å². The number of nitrogens with zero attached hydrogens (tertiary/aromatic N) is 1. The van der Waals surface area contributed by atoms with E-state index in [0.717, 1.165) is 17.8 Å². The molecule has 3 aromatic rings. The van der Waals surface area contributed by atoms with Gasteiger partial charge < -0.3 is 10.1 Å². The van der Waals surface area contributed by atoms with E-state index >= 15 is 0 Å². The Bertz CT molecular complexity index is 830. The number of thiazole rings is 1. The number of nitrogens with one attached hydrogen (secondary N) is 1. The third-order valence-electron chi connectivity index (χ3n) is 3.78. The molecule has 0 spiro atoms. The molecule has 1 heterocycles. The number of carbonyl (C=O) groups is 1. The van der Waals surface area contributed by atoms with E-state index < -0.39 is 0 Å². The van der Waals surface area contributed by atoms with Crippen molar-refractivity contribution in [2.45, 2.75) is 12.8 Å². The summed E-state index contributed by atoms with van der Waals surface area (Å²) in [7, 11) is 1.59. The molecule has 3 rings (SSSR count). The molecule has 0 saturated heterocycles. The molecule has 1 N–H and O–H groups in total. The molecule has 1 aromatic heterocycles. The van der Waals surface area contributed by atoms with E-state index in [4.69, 9.17) is 4.74 Å². The summed E-state index contributed by atoms with van der Waals surface area (Å²) in [4.78, 5) is 17.9. The lowest BCUT2D eigenvalue weighted by molar-refractivity contribution is 0.0954. The largest absolute Gasteiger partial charge is 0.497 e. The number of methoxy groups -OCH3 is 1. The predicted molar refractivity (Wildman–Crippen MR) is 100 cm³/mol. The van der Waals surface area contributed by atoms with E-state index in [1.807, 2.05) is 36.5 Å². The molecule has 0 aliphatic heterocycles. The van der Waals surface area contributed by atoms with Gasteiger partial charge in [-0.05, 0) is 23.8 Å². The molecule has 0 bridgehead atoms. The molecule has 25 heavy (non-hydrogen) atoms. The minimum Gasteiger partial charge on any atom is -0.497 e. The van der Waals surface area contributed by atoms with Crippen molar-refractivity contribution in [1.29, 1.82) is 0 Å². The minimum atomic E-state index is -0.0973. The Hall–Kier alpha value is -2.66. The van der Waals surface area contributed by atoms with Gasteiger partial charge in [0.05, 0.1) is 12.1 Å². The smallest absolute Gasteiger partial charge is 0.251 e. The molecule has 0 radical (unpaired) electrons. The Morgan fingerprint density at radius 2 is 2.00 bits per heavy atom. The number of carbonyl (C=O) groups excluding carboxylic acids is 1. The standard InChI is InChI=1S/C20H20N2O2S/c1-24-17-9-5-8-16(13-17)20(23)21-11-10-19-22-14-18(25-19)12-15-6-3-2-4-7-15/h2-9,13-14H,10-12H2,1H3,(H,21,23). The van der Waals surface area contributed by atoms with Crippen LogP contribution in [0.1, 0.15) is 25.8 Å². The van der Waals surface area contributed by atoms with Crippen LogP contribution in [0.2, 0.25) is 0 Å². The zero-order valence-electron chi connectivity index (χ0n) is 14.1. The fourth-order valence-corrected chi connectivity index (χ4v) is 3.45. The monoisotopic (exact) mass is 352 g/mol. The van der Waals surface area contributed by atoms with E-state index in [9.17, 15) is 4.79 Å². The van der Waals surface area contributed by atoms with Crippen molar-refractivity contribution in [3.05, 3.63) is 81.8 Å². The molecule has 1 amide bonds. The van der Waals surface area contributed by atoms with Crippen molar-refractivity contribution in [2.75, 3.05) is 13.7 Å². The molecule has 0 aliphatic carbocycles. The maximum atomic E-state index is 12.2. The van der Waals surface area contributed by atoms with Crippen LogP contribution in [-0.4, -0.2) is 24.5 Å². The van der Waals surface area contributed by atoms with Crippen LogP contribution in [-0.2, 0) is 12.8 Å². The maximum Gasteiger partial charge on any atom is 0.251 e. The van der Waals surface area contributed by atoms with Crippen molar-refractivity contribution in [3.8, 4) is 5.75 Å². The number of aromatic nitrogens is 1. The minimum absolute atomic E-state index is 0.0973. The van der Waals surface area contributed by atoms with Crippen molar-refractivity contribution in [3.63, 3.8) is 0 Å². The molecule has 2 aromatic carbocycles. The number of ether oxygens (including phenoxy) is 1. The van der Waals surface area contributed by atoms with E-state index in [2.05, 4.69) is 22.4 Å². The molecule has 0 saturated carbocycles. The SMILES string of the molecule is COc1cccc(C(=O)NCCc2ncc(Cc3ccccc3)s2)c1. The molecule has 0 aliphatic rings. The normalized spacial score (nSPS) is 10.4. The summed E-state index contributed by atoms with van der Waals surface area (Å²) in [5, 5.41) is 3.97. The highest BCUT2D eigenvalue weighted by atomic mass is 32.1. The first-order valence-corrected chi connectivity index (χ1v) is 8.96. The van der Waals surface area contributed by atoms with Gasteiger partial charge in [-0.2, -0.15) is 0 Å². The molecule has 0 atom stereocenters. The summed E-state index contributed by atoms with van der Waals surface area (Å²) < 4.78 is 5.14. The third-order valence-corrected chi connectivity index (χ3v) is 4.84. The first-order chi connectivity index (χ1) is 12.2. The molecule has 128 valence electrons. The highest BCUT2D eigenvalue weighted by Crippen LogP contribution is 2.17. The van der Waals surface area contributed by atoms with Crippen LogP contribution in [0.15, 0.2) is 60.8 Å². The van der Waals surface area contributed by atoms with E-state index in [1.54, 1.807) is 30.6 Å². The van der Waals surface area contributed by atoms with Gasteiger partial charge in [0.25, 0.3) is 5.91 Å². The van der Waals surface area contributed by atoms with E-state index in [1.165, 1.54) is 10.4 Å². The van der Waals surface area contributed by atoms with Gasteiger partial charge in [-0.25, -0.2) is 4.98 Å². The summed E-state index contributed by atoms with van der Waals surface area (Å²) in [6.45, 7) is 0.564. The fraction of sp³-hybridized carbons (Fsp3) is 0.200. The maximum absolute atomic E-state index is 12.2. The van der Waals surface area contributed by atoms with Crippen LogP contribution in [0.3, 0.4) is 0 Å². The highest BCUT2D eigenvalue weighted by molar-refractivity contribution is 7.11. The van der Waals surface area contributed by atoms with Crippen LogP contribution < -0.4 is 10.1 Å². The second-order valence-electron chi connectivity index (χ2n) is 5.62. The summed E-state index contributed by atoms with van der Waals surface area (Å²) >= 11 is 1.70. The molecule has 0 fully saturated rings. The number of amides is 1. The van der Waals surface area contributed by atoms with E-state index in [-0.39, 0.29) is 5.91 Å². The van der Waals surface area contributed by atoms with Crippen LogP contribution in [0, 0.1) is 0 Å². The van der Waals surface area contributed by atoms with Gasteiger partial charge in [-0.1, -0.05) is 36.4 Å². The van der Waals surface area contributed by atoms with Gasteiger partial charge in [0.15, 0.2) is 0 Å². The predicted octanol–water partition coefficient (Wildman–Crippen LogP) is 3.72. The van der Waals surface area contributed by atoms with Crippen LogP contribution >= 0.6 is 11.3 Å².